The van der Waals surface area contributed by atoms with E-state index in [1.165, 1.54) is 16.0 Å². The summed E-state index contributed by atoms with van der Waals surface area (Å²) in [6.45, 7) is 0. The van der Waals surface area contributed by atoms with Crippen molar-refractivity contribution in [3.05, 3.63) is 66.4 Å². The van der Waals surface area contributed by atoms with E-state index in [0.29, 0.717) is 0 Å². The molecule has 0 unspecified atom stereocenters. The van der Waals surface area contributed by atoms with Crippen molar-refractivity contribution < 1.29 is 0 Å². The first-order valence-corrected chi connectivity index (χ1v) is 7.16. The van der Waals surface area contributed by atoms with E-state index in [1.54, 1.807) is 0 Å². The van der Waals surface area contributed by atoms with E-state index in [1.807, 2.05) is 23.9 Å². The molecule has 0 radical (unpaired) electrons. The molecule has 0 aliphatic carbocycles. The minimum Gasteiger partial charge on any atom is -0.367 e. The molecule has 2 nitrogen and oxygen atoms in total. The largest absolute Gasteiger partial charge is 0.367 e. The molecule has 1 aromatic heterocycles. The molecule has 0 saturated carbocycles. The number of thioether (sulfide) groups is 1. The van der Waals surface area contributed by atoms with Crippen molar-refractivity contribution in [3.8, 4) is 0 Å². The zero-order chi connectivity index (χ0) is 12.7. The van der Waals surface area contributed by atoms with Crippen molar-refractivity contribution in [2.75, 3.05) is 5.32 Å². The summed E-state index contributed by atoms with van der Waals surface area (Å²) in [5, 5.41) is 4.91. The first-order valence-electron chi connectivity index (χ1n) is 6.28. The number of aromatic nitrogens is 1. The normalized spacial score (nSPS) is 17.2. The number of nitrogens with zero attached hydrogens (tertiary/aromatic N) is 1. The molecule has 2 heterocycles. The van der Waals surface area contributed by atoms with Crippen LogP contribution in [-0.4, -0.2) is 4.98 Å². The quantitative estimate of drug-likeness (QED) is 0.703. The SMILES string of the molecule is c1ccc2c(c1)N[C@H](c1ccc3ccccc3n1)S2. The fourth-order valence-electron chi connectivity index (χ4n) is 2.35. The topological polar surface area (TPSA) is 24.9 Å². The molecule has 19 heavy (non-hydrogen) atoms. The molecule has 0 amide bonds. The zero-order valence-electron chi connectivity index (χ0n) is 10.2. The Bertz CT molecular complexity index is 729. The molecule has 0 spiro atoms. The molecule has 2 aromatic carbocycles. The number of para-hydroxylation sites is 2. The van der Waals surface area contributed by atoms with Gasteiger partial charge in [0.2, 0.25) is 0 Å². The third-order valence-electron chi connectivity index (χ3n) is 3.31. The maximum atomic E-state index is 4.76. The van der Waals surface area contributed by atoms with Gasteiger partial charge in [-0.3, -0.25) is 0 Å². The van der Waals surface area contributed by atoms with Gasteiger partial charge in [-0.25, -0.2) is 4.98 Å². The predicted molar refractivity (Wildman–Crippen MR) is 80.4 cm³/mol. The van der Waals surface area contributed by atoms with Crippen molar-refractivity contribution in [1.82, 2.24) is 4.98 Å². The number of pyridine rings is 1. The Morgan fingerprint density at radius 2 is 1.74 bits per heavy atom. The summed E-state index contributed by atoms with van der Waals surface area (Å²) in [4.78, 5) is 6.05. The van der Waals surface area contributed by atoms with Gasteiger partial charge in [-0.05, 0) is 24.3 Å². The third-order valence-corrected chi connectivity index (χ3v) is 4.51. The van der Waals surface area contributed by atoms with Crippen LogP contribution < -0.4 is 5.32 Å². The smallest absolute Gasteiger partial charge is 0.120 e. The van der Waals surface area contributed by atoms with E-state index in [9.17, 15) is 0 Å². The van der Waals surface area contributed by atoms with E-state index in [4.69, 9.17) is 4.98 Å². The van der Waals surface area contributed by atoms with Crippen molar-refractivity contribution >= 4 is 28.4 Å². The van der Waals surface area contributed by atoms with Crippen LogP contribution in [0.5, 0.6) is 0 Å². The summed E-state index contributed by atoms with van der Waals surface area (Å²) in [6, 6.07) is 20.9. The molecule has 1 N–H and O–H groups in total. The number of rotatable bonds is 1. The van der Waals surface area contributed by atoms with Gasteiger partial charge in [0, 0.05) is 16.0 Å². The second-order valence-electron chi connectivity index (χ2n) is 4.57. The van der Waals surface area contributed by atoms with Gasteiger partial charge in [0.15, 0.2) is 0 Å². The molecule has 0 saturated heterocycles. The van der Waals surface area contributed by atoms with Crippen LogP contribution in [-0.2, 0) is 0 Å². The molecular weight excluding hydrogens is 252 g/mol. The molecule has 92 valence electrons. The van der Waals surface area contributed by atoms with Crippen LogP contribution in [0.25, 0.3) is 10.9 Å². The van der Waals surface area contributed by atoms with Gasteiger partial charge in [0.05, 0.1) is 11.2 Å². The summed E-state index contributed by atoms with van der Waals surface area (Å²) in [6.07, 6.45) is 0. The molecular formula is C16H12N2S. The predicted octanol–water partition coefficient (Wildman–Crippen LogP) is 4.45. The van der Waals surface area contributed by atoms with Crippen LogP contribution >= 0.6 is 11.8 Å². The Balaban J connectivity index is 1.73. The van der Waals surface area contributed by atoms with E-state index in [0.717, 1.165) is 11.2 Å². The average molecular weight is 264 g/mol. The first kappa shape index (κ1) is 10.9. The van der Waals surface area contributed by atoms with Crippen LogP contribution in [0.3, 0.4) is 0 Å². The Hall–Kier alpha value is -2.00. The van der Waals surface area contributed by atoms with Gasteiger partial charge in [0.25, 0.3) is 0 Å². The van der Waals surface area contributed by atoms with E-state index in [2.05, 4.69) is 53.8 Å². The second-order valence-corrected chi connectivity index (χ2v) is 5.71. The maximum absolute atomic E-state index is 4.76. The molecule has 1 aliphatic rings. The molecule has 0 bridgehead atoms. The number of fused-ring (bicyclic) bond motifs is 2. The highest BCUT2D eigenvalue weighted by atomic mass is 32.2. The van der Waals surface area contributed by atoms with E-state index < -0.39 is 0 Å². The summed E-state index contributed by atoms with van der Waals surface area (Å²) in [5.41, 5.74) is 3.34. The lowest BCUT2D eigenvalue weighted by Gasteiger charge is -2.10. The minimum atomic E-state index is 0.210. The minimum absolute atomic E-state index is 0.210. The Morgan fingerprint density at radius 1 is 0.895 bits per heavy atom. The second kappa shape index (κ2) is 4.28. The Kier molecular flexibility index (Phi) is 2.45. The van der Waals surface area contributed by atoms with Crippen molar-refractivity contribution in [2.24, 2.45) is 0 Å². The number of hydrogen-bond donors (Lipinski definition) is 1. The lowest BCUT2D eigenvalue weighted by atomic mass is 10.2. The maximum Gasteiger partial charge on any atom is 0.120 e. The molecule has 3 aromatic rings. The highest BCUT2D eigenvalue weighted by Crippen LogP contribution is 2.45. The Labute approximate surface area is 115 Å². The lowest BCUT2D eigenvalue weighted by Crippen LogP contribution is -2.03. The van der Waals surface area contributed by atoms with Gasteiger partial charge >= 0.3 is 0 Å². The van der Waals surface area contributed by atoms with E-state index >= 15 is 0 Å². The van der Waals surface area contributed by atoms with Crippen LogP contribution in [0, 0.1) is 0 Å². The van der Waals surface area contributed by atoms with Crippen LogP contribution in [0.1, 0.15) is 11.1 Å². The van der Waals surface area contributed by atoms with Gasteiger partial charge in [-0.2, -0.15) is 0 Å². The standard InChI is InChI=1S/C16H12N2S/c1-2-6-12-11(5-1)9-10-14(17-12)16-18-13-7-3-4-8-15(13)19-16/h1-10,16,18H/t16-/m0/s1. The highest BCUT2D eigenvalue weighted by Gasteiger charge is 2.23. The zero-order valence-corrected chi connectivity index (χ0v) is 11.0. The molecule has 0 fully saturated rings. The average Bonchev–Trinajstić information content (AvgIpc) is 2.90. The number of anilines is 1. The van der Waals surface area contributed by atoms with E-state index in [-0.39, 0.29) is 5.37 Å². The fraction of sp³-hybridized carbons (Fsp3) is 0.0625. The first-order chi connectivity index (χ1) is 9.40. The summed E-state index contributed by atoms with van der Waals surface area (Å²) in [5.74, 6) is 0. The van der Waals surface area contributed by atoms with Crippen molar-refractivity contribution in [3.63, 3.8) is 0 Å². The van der Waals surface area contributed by atoms with Gasteiger partial charge in [-0.1, -0.05) is 48.2 Å². The van der Waals surface area contributed by atoms with Crippen molar-refractivity contribution in [1.29, 1.82) is 0 Å². The fourth-order valence-corrected chi connectivity index (χ4v) is 3.45. The lowest BCUT2D eigenvalue weighted by molar-refractivity contribution is 1.05. The summed E-state index contributed by atoms with van der Waals surface area (Å²) in [7, 11) is 0. The van der Waals surface area contributed by atoms with Crippen molar-refractivity contribution in [2.45, 2.75) is 10.3 Å². The monoisotopic (exact) mass is 264 g/mol. The highest BCUT2D eigenvalue weighted by molar-refractivity contribution is 8.00. The molecule has 4 rings (SSSR count). The molecule has 3 heteroatoms. The summed E-state index contributed by atoms with van der Waals surface area (Å²) >= 11 is 1.82. The van der Waals surface area contributed by atoms with Gasteiger partial charge < -0.3 is 5.32 Å². The number of nitrogens with one attached hydrogen (secondary N) is 1. The van der Waals surface area contributed by atoms with Gasteiger partial charge in [0.1, 0.15) is 5.37 Å². The molecule has 1 aliphatic heterocycles. The number of hydrogen-bond acceptors (Lipinski definition) is 3. The van der Waals surface area contributed by atoms with Gasteiger partial charge in [-0.15, -0.1) is 0 Å². The van der Waals surface area contributed by atoms with Crippen LogP contribution in [0.15, 0.2) is 65.6 Å². The Morgan fingerprint density at radius 3 is 2.68 bits per heavy atom. The van der Waals surface area contributed by atoms with Crippen LogP contribution in [0.2, 0.25) is 0 Å². The molecule has 1 atom stereocenters. The summed E-state index contributed by atoms with van der Waals surface area (Å²) < 4.78 is 0. The number of benzene rings is 2. The van der Waals surface area contributed by atoms with Crippen LogP contribution in [0.4, 0.5) is 5.69 Å². The third kappa shape index (κ3) is 1.87.